The lowest BCUT2D eigenvalue weighted by atomic mass is 10.3. The molecular formula is C18H14N4S2. The van der Waals surface area contributed by atoms with Gasteiger partial charge >= 0.3 is 0 Å². The third-order valence-electron chi connectivity index (χ3n) is 3.43. The Kier molecular flexibility index (Phi) is 4.40. The number of nitrogens with zero attached hydrogens (tertiary/aromatic N) is 4. The molecule has 24 heavy (non-hydrogen) atoms. The summed E-state index contributed by atoms with van der Waals surface area (Å²) in [4.78, 5) is 0. The molecule has 0 saturated carbocycles. The van der Waals surface area contributed by atoms with Crippen molar-refractivity contribution in [2.24, 2.45) is 0 Å². The van der Waals surface area contributed by atoms with Crippen LogP contribution in [-0.2, 0) is 0 Å². The molecule has 0 fully saturated rings. The molecule has 0 aliphatic heterocycles. The summed E-state index contributed by atoms with van der Waals surface area (Å²) in [6.07, 6.45) is 3.65. The fourth-order valence-corrected chi connectivity index (χ4v) is 4.44. The quantitative estimate of drug-likeness (QED) is 0.482. The van der Waals surface area contributed by atoms with Crippen LogP contribution in [0.4, 0.5) is 0 Å². The molecule has 0 radical (unpaired) electrons. The molecule has 0 atom stereocenters. The molecule has 0 spiro atoms. The Morgan fingerprint density at radius 2 is 0.958 bits per heavy atom. The molecule has 2 heterocycles. The number of hydrogen-bond donors (Lipinski definition) is 0. The Bertz CT molecular complexity index is 839. The van der Waals surface area contributed by atoms with Gasteiger partial charge in [0.25, 0.3) is 0 Å². The average molecular weight is 350 g/mol. The highest BCUT2D eigenvalue weighted by atomic mass is 33.1. The smallest absolute Gasteiger partial charge is 0.111 e. The summed E-state index contributed by atoms with van der Waals surface area (Å²) in [5.41, 5.74) is 2.12. The predicted molar refractivity (Wildman–Crippen MR) is 98.8 cm³/mol. The number of aromatic nitrogens is 4. The van der Waals surface area contributed by atoms with Crippen molar-refractivity contribution in [2.75, 3.05) is 0 Å². The second-order valence-electron chi connectivity index (χ2n) is 5.00. The lowest BCUT2D eigenvalue weighted by Gasteiger charge is -2.08. The van der Waals surface area contributed by atoms with Crippen LogP contribution in [0.3, 0.4) is 0 Å². The second kappa shape index (κ2) is 6.98. The minimum absolute atomic E-state index is 1.06. The average Bonchev–Trinajstić information content (AvgIpc) is 3.30. The second-order valence-corrected chi connectivity index (χ2v) is 7.17. The van der Waals surface area contributed by atoms with Crippen LogP contribution >= 0.6 is 21.6 Å². The normalized spacial score (nSPS) is 10.8. The summed E-state index contributed by atoms with van der Waals surface area (Å²) < 4.78 is 3.89. The van der Waals surface area contributed by atoms with Crippen molar-refractivity contribution in [3.05, 3.63) is 85.2 Å². The first-order valence-electron chi connectivity index (χ1n) is 7.45. The van der Waals surface area contributed by atoms with Crippen LogP contribution in [0, 0.1) is 0 Å². The van der Waals surface area contributed by atoms with E-state index in [4.69, 9.17) is 0 Å². The predicted octanol–water partition coefficient (Wildman–Crippen LogP) is 4.86. The zero-order valence-corrected chi connectivity index (χ0v) is 14.3. The van der Waals surface area contributed by atoms with E-state index in [0.29, 0.717) is 0 Å². The third-order valence-corrected chi connectivity index (χ3v) is 5.75. The van der Waals surface area contributed by atoms with E-state index in [0.717, 1.165) is 21.4 Å². The standard InChI is InChI=1S/C18H14N4S2/c1-3-7-15(8-4-1)21-17(11-13-19-21)23-24-18-12-14-20-22(18)16-9-5-2-6-10-16/h1-14H. The van der Waals surface area contributed by atoms with Crippen LogP contribution in [0.15, 0.2) is 95.2 Å². The summed E-state index contributed by atoms with van der Waals surface area (Å²) in [5, 5.41) is 11.0. The van der Waals surface area contributed by atoms with Gasteiger partial charge in [-0.2, -0.15) is 10.2 Å². The number of benzene rings is 2. The van der Waals surface area contributed by atoms with Crippen LogP contribution in [0.5, 0.6) is 0 Å². The summed E-state index contributed by atoms with van der Waals surface area (Å²) >= 11 is 0. The molecule has 4 rings (SSSR count). The van der Waals surface area contributed by atoms with Crippen molar-refractivity contribution in [3.63, 3.8) is 0 Å². The van der Waals surface area contributed by atoms with Crippen LogP contribution in [-0.4, -0.2) is 19.6 Å². The molecule has 2 aromatic heterocycles. The van der Waals surface area contributed by atoms with Crippen LogP contribution in [0.2, 0.25) is 0 Å². The largest absolute Gasteiger partial charge is 0.226 e. The molecule has 4 nitrogen and oxygen atoms in total. The highest BCUT2D eigenvalue weighted by molar-refractivity contribution is 8.76. The molecule has 0 amide bonds. The van der Waals surface area contributed by atoms with Gasteiger partial charge < -0.3 is 0 Å². The van der Waals surface area contributed by atoms with Crippen molar-refractivity contribution in [1.29, 1.82) is 0 Å². The van der Waals surface area contributed by atoms with Gasteiger partial charge in [-0.3, -0.25) is 0 Å². The molecule has 2 aromatic carbocycles. The van der Waals surface area contributed by atoms with Gasteiger partial charge in [-0.05, 0) is 58.0 Å². The monoisotopic (exact) mass is 350 g/mol. The molecule has 0 bridgehead atoms. The fraction of sp³-hybridized carbons (Fsp3) is 0. The van der Waals surface area contributed by atoms with Gasteiger partial charge in [-0.15, -0.1) is 0 Å². The number of rotatable bonds is 5. The minimum Gasteiger partial charge on any atom is -0.226 e. The highest BCUT2D eigenvalue weighted by Gasteiger charge is 2.10. The Labute approximate surface area is 147 Å². The third kappa shape index (κ3) is 3.11. The lowest BCUT2D eigenvalue weighted by Crippen LogP contribution is -1.98. The Morgan fingerprint density at radius 3 is 1.38 bits per heavy atom. The molecule has 6 heteroatoms. The number of hydrogen-bond acceptors (Lipinski definition) is 4. The summed E-state index contributed by atoms with van der Waals surface area (Å²) in [5.74, 6) is 0. The van der Waals surface area contributed by atoms with Gasteiger partial charge in [-0.25, -0.2) is 9.36 Å². The van der Waals surface area contributed by atoms with E-state index in [-0.39, 0.29) is 0 Å². The van der Waals surface area contributed by atoms with Crippen molar-refractivity contribution in [2.45, 2.75) is 10.1 Å². The van der Waals surface area contributed by atoms with E-state index in [1.807, 2.05) is 70.3 Å². The molecule has 0 aliphatic rings. The van der Waals surface area contributed by atoms with Crippen molar-refractivity contribution in [3.8, 4) is 11.4 Å². The van der Waals surface area contributed by atoms with Gasteiger partial charge in [-0.1, -0.05) is 36.4 Å². The summed E-state index contributed by atoms with van der Waals surface area (Å²) in [7, 11) is 3.34. The maximum Gasteiger partial charge on any atom is 0.111 e. The summed E-state index contributed by atoms with van der Waals surface area (Å²) in [6.45, 7) is 0. The van der Waals surface area contributed by atoms with E-state index < -0.39 is 0 Å². The first-order valence-corrected chi connectivity index (χ1v) is 9.60. The van der Waals surface area contributed by atoms with Gasteiger partial charge in [0, 0.05) is 0 Å². The molecule has 0 saturated heterocycles. The molecule has 118 valence electrons. The molecule has 0 unspecified atom stereocenters. The first kappa shape index (κ1) is 15.1. The zero-order chi connectivity index (χ0) is 16.2. The summed E-state index contributed by atoms with van der Waals surface area (Å²) in [6, 6.07) is 24.3. The maximum absolute atomic E-state index is 4.43. The SMILES string of the molecule is c1ccc(-n2nccc2SSc2ccnn2-c2ccccc2)cc1. The Hall–Kier alpha value is -2.44. The van der Waals surface area contributed by atoms with Gasteiger partial charge in [0.05, 0.1) is 23.8 Å². The van der Waals surface area contributed by atoms with E-state index in [9.17, 15) is 0 Å². The van der Waals surface area contributed by atoms with E-state index >= 15 is 0 Å². The minimum atomic E-state index is 1.06. The zero-order valence-electron chi connectivity index (χ0n) is 12.7. The maximum atomic E-state index is 4.43. The fourth-order valence-electron chi connectivity index (χ4n) is 2.32. The molecule has 4 aromatic rings. The Balaban J connectivity index is 1.56. The van der Waals surface area contributed by atoms with E-state index in [1.54, 1.807) is 21.6 Å². The molecule has 0 N–H and O–H groups in total. The van der Waals surface area contributed by atoms with Crippen LogP contribution in [0.1, 0.15) is 0 Å². The number of para-hydroxylation sites is 2. The van der Waals surface area contributed by atoms with Crippen molar-refractivity contribution in [1.82, 2.24) is 19.6 Å². The first-order chi connectivity index (χ1) is 11.9. The van der Waals surface area contributed by atoms with Crippen LogP contribution < -0.4 is 0 Å². The molecular weight excluding hydrogens is 336 g/mol. The van der Waals surface area contributed by atoms with Gasteiger partial charge in [0.2, 0.25) is 0 Å². The topological polar surface area (TPSA) is 35.6 Å². The van der Waals surface area contributed by atoms with Crippen molar-refractivity contribution < 1.29 is 0 Å². The van der Waals surface area contributed by atoms with E-state index in [1.165, 1.54) is 0 Å². The Morgan fingerprint density at radius 1 is 0.542 bits per heavy atom. The van der Waals surface area contributed by atoms with Gasteiger partial charge in [0.15, 0.2) is 0 Å². The van der Waals surface area contributed by atoms with E-state index in [2.05, 4.69) is 34.5 Å². The lowest BCUT2D eigenvalue weighted by molar-refractivity contribution is 0.803. The van der Waals surface area contributed by atoms with Gasteiger partial charge in [0.1, 0.15) is 10.1 Å². The van der Waals surface area contributed by atoms with Crippen LogP contribution in [0.25, 0.3) is 11.4 Å². The van der Waals surface area contributed by atoms with Crippen molar-refractivity contribution >= 4 is 21.6 Å². The highest BCUT2D eigenvalue weighted by Crippen LogP contribution is 2.38. The molecule has 0 aliphatic carbocycles.